The highest BCUT2D eigenvalue weighted by Gasteiger charge is 1.94. The molecule has 1 rings (SSSR count). The van der Waals surface area contributed by atoms with Gasteiger partial charge in [-0.2, -0.15) is 5.26 Å². The van der Waals surface area contributed by atoms with Crippen LogP contribution in [0.25, 0.3) is 0 Å². The maximum Gasteiger partial charge on any atom is 0.119 e. The molecule has 0 aromatic heterocycles. The Labute approximate surface area is 137 Å². The van der Waals surface area contributed by atoms with Crippen molar-refractivity contribution < 1.29 is 4.74 Å². The second-order valence-corrected chi connectivity index (χ2v) is 5.57. The van der Waals surface area contributed by atoms with E-state index in [2.05, 4.69) is 6.92 Å². The first-order valence-electron chi connectivity index (χ1n) is 8.83. The standard InChI is InChI=1S/C18H30O.C2H3N/c1-2-3-4-5-6-7-8-9-10-14-17-19-18-15-12-11-13-16-18;1-2-3/h11-13,15-16H,2-10,14,17H2,1H3;1H3. The Hall–Kier alpha value is -1.49. The maximum atomic E-state index is 7.32. The van der Waals surface area contributed by atoms with Gasteiger partial charge in [-0.25, -0.2) is 0 Å². The lowest BCUT2D eigenvalue weighted by atomic mass is 10.1. The minimum atomic E-state index is 0.862. The SMILES string of the molecule is CC#N.CCCCCCCCCCCCOc1ccccc1. The van der Waals surface area contributed by atoms with E-state index in [0.29, 0.717) is 0 Å². The van der Waals surface area contributed by atoms with Crippen LogP contribution in [0, 0.1) is 11.3 Å². The van der Waals surface area contributed by atoms with Crippen LogP contribution >= 0.6 is 0 Å². The fourth-order valence-electron chi connectivity index (χ4n) is 2.30. The van der Waals surface area contributed by atoms with E-state index in [9.17, 15) is 0 Å². The highest BCUT2D eigenvalue weighted by molar-refractivity contribution is 5.20. The third-order valence-electron chi connectivity index (χ3n) is 3.51. The molecule has 1 aromatic carbocycles. The van der Waals surface area contributed by atoms with E-state index in [1.54, 1.807) is 6.07 Å². The van der Waals surface area contributed by atoms with Crippen molar-refractivity contribution in [2.75, 3.05) is 6.61 Å². The average molecular weight is 303 g/mol. The number of para-hydroxylation sites is 1. The fourth-order valence-corrected chi connectivity index (χ4v) is 2.30. The molecule has 22 heavy (non-hydrogen) atoms. The van der Waals surface area contributed by atoms with Gasteiger partial charge in [-0.3, -0.25) is 0 Å². The first-order valence-corrected chi connectivity index (χ1v) is 8.83. The van der Waals surface area contributed by atoms with Crippen LogP contribution in [0.2, 0.25) is 0 Å². The zero-order chi connectivity index (χ0) is 16.3. The lowest BCUT2D eigenvalue weighted by Crippen LogP contribution is -1.96. The van der Waals surface area contributed by atoms with Gasteiger partial charge in [-0.1, -0.05) is 82.9 Å². The summed E-state index contributed by atoms with van der Waals surface area (Å²) in [5.41, 5.74) is 0. The van der Waals surface area contributed by atoms with Gasteiger partial charge in [0.2, 0.25) is 0 Å². The van der Waals surface area contributed by atoms with E-state index in [1.165, 1.54) is 71.1 Å². The van der Waals surface area contributed by atoms with Gasteiger partial charge in [0.05, 0.1) is 12.7 Å². The van der Waals surface area contributed by atoms with E-state index in [1.807, 2.05) is 30.3 Å². The zero-order valence-corrected chi connectivity index (χ0v) is 14.5. The smallest absolute Gasteiger partial charge is 0.119 e. The van der Waals surface area contributed by atoms with Gasteiger partial charge >= 0.3 is 0 Å². The van der Waals surface area contributed by atoms with Crippen molar-refractivity contribution in [1.29, 1.82) is 5.26 Å². The number of nitrogens with zero attached hydrogens (tertiary/aromatic N) is 1. The zero-order valence-electron chi connectivity index (χ0n) is 14.5. The summed E-state index contributed by atoms with van der Waals surface area (Å²) in [7, 11) is 0. The van der Waals surface area contributed by atoms with Crippen molar-refractivity contribution in [3.05, 3.63) is 30.3 Å². The molecule has 0 aliphatic heterocycles. The number of nitriles is 1. The van der Waals surface area contributed by atoms with Crippen LogP contribution in [0.1, 0.15) is 78.1 Å². The summed E-state index contributed by atoms with van der Waals surface area (Å²) >= 11 is 0. The number of unbranched alkanes of at least 4 members (excludes halogenated alkanes) is 9. The van der Waals surface area contributed by atoms with Gasteiger partial charge < -0.3 is 4.74 Å². The summed E-state index contributed by atoms with van der Waals surface area (Å²) in [4.78, 5) is 0. The van der Waals surface area contributed by atoms with Gasteiger partial charge in [-0.15, -0.1) is 0 Å². The molecule has 0 heterocycles. The molecular weight excluding hydrogens is 270 g/mol. The third-order valence-corrected chi connectivity index (χ3v) is 3.51. The summed E-state index contributed by atoms with van der Waals surface area (Å²) in [5.74, 6) is 0.999. The molecule has 0 bridgehead atoms. The Balaban J connectivity index is 0.00000135. The van der Waals surface area contributed by atoms with E-state index in [0.717, 1.165) is 12.4 Å². The van der Waals surface area contributed by atoms with Crippen LogP contribution < -0.4 is 4.74 Å². The Morgan fingerprint density at radius 3 is 1.77 bits per heavy atom. The predicted octanol–water partition coefficient (Wildman–Crippen LogP) is 6.52. The Morgan fingerprint density at radius 1 is 0.818 bits per heavy atom. The Bertz CT molecular complexity index is 356. The molecule has 0 atom stereocenters. The monoisotopic (exact) mass is 303 g/mol. The van der Waals surface area contributed by atoms with Crippen LogP contribution in [0.3, 0.4) is 0 Å². The summed E-state index contributed by atoms with van der Waals surface area (Å²) in [5, 5.41) is 7.32. The summed E-state index contributed by atoms with van der Waals surface area (Å²) in [6.07, 6.45) is 13.7. The van der Waals surface area contributed by atoms with Crippen molar-refractivity contribution in [3.8, 4) is 11.8 Å². The molecule has 0 radical (unpaired) electrons. The van der Waals surface area contributed by atoms with Gasteiger partial charge in [0.1, 0.15) is 5.75 Å². The van der Waals surface area contributed by atoms with Crippen molar-refractivity contribution in [2.24, 2.45) is 0 Å². The van der Waals surface area contributed by atoms with Crippen LogP contribution in [-0.4, -0.2) is 6.61 Å². The normalized spacial score (nSPS) is 9.50. The second-order valence-electron chi connectivity index (χ2n) is 5.57. The number of hydrogen-bond acceptors (Lipinski definition) is 2. The lowest BCUT2D eigenvalue weighted by Gasteiger charge is -2.05. The highest BCUT2D eigenvalue weighted by atomic mass is 16.5. The molecule has 0 N–H and O–H groups in total. The molecule has 0 amide bonds. The molecular formula is C20H33NO. The molecule has 0 aliphatic carbocycles. The topological polar surface area (TPSA) is 33.0 Å². The summed E-state index contributed by atoms with van der Waals surface area (Å²) in [6, 6.07) is 11.9. The molecule has 124 valence electrons. The summed E-state index contributed by atoms with van der Waals surface area (Å²) < 4.78 is 5.68. The number of ether oxygens (including phenoxy) is 1. The molecule has 2 heteroatoms. The van der Waals surface area contributed by atoms with Gasteiger partial charge in [0.15, 0.2) is 0 Å². The molecule has 0 fully saturated rings. The van der Waals surface area contributed by atoms with E-state index in [-0.39, 0.29) is 0 Å². The predicted molar refractivity (Wildman–Crippen MR) is 95.1 cm³/mol. The minimum absolute atomic E-state index is 0.862. The van der Waals surface area contributed by atoms with Gasteiger partial charge in [0.25, 0.3) is 0 Å². The van der Waals surface area contributed by atoms with Crippen LogP contribution in [0.4, 0.5) is 0 Å². The maximum absolute atomic E-state index is 7.32. The molecule has 2 nitrogen and oxygen atoms in total. The van der Waals surface area contributed by atoms with Gasteiger partial charge in [0, 0.05) is 6.92 Å². The Kier molecular flexibility index (Phi) is 16.4. The van der Waals surface area contributed by atoms with E-state index >= 15 is 0 Å². The largest absolute Gasteiger partial charge is 0.494 e. The minimum Gasteiger partial charge on any atom is -0.494 e. The molecule has 0 aliphatic rings. The van der Waals surface area contributed by atoms with Crippen LogP contribution in [-0.2, 0) is 0 Å². The molecule has 0 saturated heterocycles. The number of rotatable bonds is 12. The average Bonchev–Trinajstić information content (AvgIpc) is 2.54. The summed E-state index contributed by atoms with van der Waals surface area (Å²) in [6.45, 7) is 4.57. The van der Waals surface area contributed by atoms with Crippen LogP contribution in [0.15, 0.2) is 30.3 Å². The van der Waals surface area contributed by atoms with Crippen molar-refractivity contribution in [2.45, 2.75) is 78.1 Å². The van der Waals surface area contributed by atoms with Gasteiger partial charge in [-0.05, 0) is 18.6 Å². The lowest BCUT2D eigenvalue weighted by molar-refractivity contribution is 0.304. The quantitative estimate of drug-likeness (QED) is 0.412. The first-order chi connectivity index (χ1) is 10.8. The number of hydrogen-bond donors (Lipinski definition) is 0. The third kappa shape index (κ3) is 14.9. The van der Waals surface area contributed by atoms with Crippen molar-refractivity contribution in [3.63, 3.8) is 0 Å². The van der Waals surface area contributed by atoms with Crippen LogP contribution in [0.5, 0.6) is 5.75 Å². The molecule has 0 spiro atoms. The molecule has 0 saturated carbocycles. The molecule has 1 aromatic rings. The Morgan fingerprint density at radius 2 is 1.27 bits per heavy atom. The molecule has 0 unspecified atom stereocenters. The van der Waals surface area contributed by atoms with Crippen molar-refractivity contribution in [1.82, 2.24) is 0 Å². The van der Waals surface area contributed by atoms with Crippen molar-refractivity contribution >= 4 is 0 Å². The van der Waals surface area contributed by atoms with E-state index in [4.69, 9.17) is 10.00 Å². The van der Waals surface area contributed by atoms with E-state index < -0.39 is 0 Å². The highest BCUT2D eigenvalue weighted by Crippen LogP contribution is 2.12. The fraction of sp³-hybridized carbons (Fsp3) is 0.650. The number of benzene rings is 1. The first kappa shape index (κ1) is 20.5. The second kappa shape index (κ2) is 17.6.